The molecule has 0 aliphatic carbocycles. The van der Waals surface area contributed by atoms with Gasteiger partial charge in [-0.2, -0.15) is 0 Å². The first kappa shape index (κ1) is 16.1. The van der Waals surface area contributed by atoms with E-state index in [0.717, 1.165) is 27.8 Å². The lowest BCUT2D eigenvalue weighted by atomic mass is 10.1. The summed E-state index contributed by atoms with van der Waals surface area (Å²) in [6, 6.07) is 15.2. The van der Waals surface area contributed by atoms with Crippen LogP contribution in [-0.4, -0.2) is 24.1 Å². The fourth-order valence-electron chi connectivity index (χ4n) is 2.68. The second-order valence-corrected chi connectivity index (χ2v) is 5.60. The molecule has 0 spiro atoms. The minimum absolute atomic E-state index is 0.412. The number of hydrogen-bond acceptors (Lipinski definition) is 4. The number of aromatic nitrogens is 1. The highest BCUT2D eigenvalue weighted by Gasteiger charge is 2.17. The van der Waals surface area contributed by atoms with Gasteiger partial charge in [-0.3, -0.25) is 4.79 Å². The van der Waals surface area contributed by atoms with Gasteiger partial charge in [0.25, 0.3) is 0 Å². The van der Waals surface area contributed by atoms with Gasteiger partial charge in [0, 0.05) is 18.0 Å². The number of H-pyrrole nitrogens is 1. The van der Waals surface area contributed by atoms with Crippen molar-refractivity contribution in [1.29, 1.82) is 0 Å². The summed E-state index contributed by atoms with van der Waals surface area (Å²) < 4.78 is 10.6. The second-order valence-electron chi connectivity index (χ2n) is 5.60. The molecule has 0 bridgehead atoms. The number of rotatable bonds is 6. The van der Waals surface area contributed by atoms with E-state index in [4.69, 9.17) is 10.5 Å². The number of methoxy groups -OCH3 is 1. The van der Waals surface area contributed by atoms with Gasteiger partial charge in [-0.1, -0.05) is 42.5 Å². The molecule has 124 valence electrons. The van der Waals surface area contributed by atoms with Crippen molar-refractivity contribution >= 4 is 16.9 Å². The Morgan fingerprint density at radius 2 is 1.96 bits per heavy atom. The Labute approximate surface area is 140 Å². The maximum absolute atomic E-state index is 11.5. The van der Waals surface area contributed by atoms with E-state index in [0.29, 0.717) is 13.0 Å². The quantitative estimate of drug-likeness (QED) is 0.684. The van der Waals surface area contributed by atoms with E-state index in [9.17, 15) is 4.79 Å². The largest absolute Gasteiger partial charge is 0.487 e. The van der Waals surface area contributed by atoms with Crippen LogP contribution in [0, 0.1) is 0 Å². The van der Waals surface area contributed by atoms with Crippen LogP contribution in [0.25, 0.3) is 10.9 Å². The topological polar surface area (TPSA) is 77.3 Å². The average molecular weight is 324 g/mol. The molecule has 0 unspecified atom stereocenters. The van der Waals surface area contributed by atoms with Crippen LogP contribution < -0.4 is 10.5 Å². The predicted molar refractivity (Wildman–Crippen MR) is 92.8 cm³/mol. The summed E-state index contributed by atoms with van der Waals surface area (Å²) in [6.07, 6.45) is 2.28. The first-order chi connectivity index (χ1) is 11.7. The maximum atomic E-state index is 11.5. The first-order valence-corrected chi connectivity index (χ1v) is 7.78. The summed E-state index contributed by atoms with van der Waals surface area (Å²) in [5.74, 6) is 0.357. The molecule has 0 saturated carbocycles. The molecule has 3 N–H and O–H groups in total. The summed E-state index contributed by atoms with van der Waals surface area (Å²) in [5.41, 5.74) is 8.84. The van der Waals surface area contributed by atoms with Crippen molar-refractivity contribution in [3.63, 3.8) is 0 Å². The highest BCUT2D eigenvalue weighted by atomic mass is 16.5. The van der Waals surface area contributed by atoms with Crippen LogP contribution in [0.15, 0.2) is 54.7 Å². The zero-order valence-corrected chi connectivity index (χ0v) is 13.5. The molecule has 5 nitrogen and oxygen atoms in total. The van der Waals surface area contributed by atoms with Crippen LogP contribution in [0.2, 0.25) is 0 Å². The number of para-hydroxylation sites is 1. The van der Waals surface area contributed by atoms with Crippen molar-refractivity contribution in [3.8, 4) is 5.75 Å². The summed E-state index contributed by atoms with van der Waals surface area (Å²) >= 11 is 0. The Hall–Kier alpha value is -2.79. The third-order valence-corrected chi connectivity index (χ3v) is 3.94. The minimum Gasteiger partial charge on any atom is -0.487 e. The molecule has 3 rings (SSSR count). The zero-order chi connectivity index (χ0) is 16.9. The van der Waals surface area contributed by atoms with Gasteiger partial charge in [-0.15, -0.1) is 0 Å². The van der Waals surface area contributed by atoms with Crippen LogP contribution in [0.5, 0.6) is 5.75 Å². The van der Waals surface area contributed by atoms with E-state index < -0.39 is 12.0 Å². The average Bonchev–Trinajstić information content (AvgIpc) is 3.03. The number of carbonyl (C=O) groups excluding carboxylic acids is 1. The van der Waals surface area contributed by atoms with Crippen molar-refractivity contribution in [2.75, 3.05) is 7.11 Å². The Morgan fingerprint density at radius 3 is 2.71 bits per heavy atom. The molecule has 0 radical (unpaired) electrons. The summed E-state index contributed by atoms with van der Waals surface area (Å²) in [7, 11) is 1.34. The number of fused-ring (bicyclic) bond motifs is 1. The lowest BCUT2D eigenvalue weighted by Crippen LogP contribution is -2.33. The van der Waals surface area contributed by atoms with Crippen molar-refractivity contribution in [3.05, 3.63) is 65.9 Å². The van der Waals surface area contributed by atoms with Gasteiger partial charge in [0.15, 0.2) is 0 Å². The molecular weight excluding hydrogens is 304 g/mol. The summed E-state index contributed by atoms with van der Waals surface area (Å²) in [5, 5.41) is 1.000. The fraction of sp³-hybridized carbons (Fsp3) is 0.211. The van der Waals surface area contributed by atoms with E-state index in [2.05, 4.69) is 9.72 Å². The van der Waals surface area contributed by atoms with Gasteiger partial charge in [-0.25, -0.2) is 0 Å². The molecule has 3 aromatic rings. The van der Waals surface area contributed by atoms with Crippen LogP contribution in [0.3, 0.4) is 0 Å². The van der Waals surface area contributed by atoms with Crippen molar-refractivity contribution < 1.29 is 14.3 Å². The smallest absolute Gasteiger partial charge is 0.322 e. The van der Waals surface area contributed by atoms with Crippen molar-refractivity contribution in [2.24, 2.45) is 5.73 Å². The number of carbonyl (C=O) groups is 1. The number of aromatic amines is 1. The Kier molecular flexibility index (Phi) is 4.82. The number of nitrogens with one attached hydrogen (secondary N) is 1. The van der Waals surface area contributed by atoms with Gasteiger partial charge in [0.05, 0.1) is 12.6 Å². The van der Waals surface area contributed by atoms with Crippen LogP contribution in [-0.2, 0) is 22.6 Å². The van der Waals surface area contributed by atoms with Crippen molar-refractivity contribution in [1.82, 2.24) is 4.98 Å². The molecule has 1 heterocycles. The predicted octanol–water partition coefficient (Wildman–Crippen LogP) is 2.79. The Balaban J connectivity index is 1.80. The van der Waals surface area contributed by atoms with Crippen LogP contribution in [0.1, 0.15) is 11.1 Å². The molecule has 0 aliphatic heterocycles. The van der Waals surface area contributed by atoms with Gasteiger partial charge in [-0.05, 0) is 17.2 Å². The van der Waals surface area contributed by atoms with Gasteiger partial charge >= 0.3 is 5.97 Å². The third kappa shape index (κ3) is 3.41. The highest BCUT2D eigenvalue weighted by molar-refractivity contribution is 5.89. The molecule has 5 heteroatoms. The van der Waals surface area contributed by atoms with E-state index >= 15 is 0 Å². The molecule has 0 saturated heterocycles. The molecule has 24 heavy (non-hydrogen) atoms. The number of esters is 1. The molecule has 1 aromatic heterocycles. The normalized spacial score (nSPS) is 12.1. The van der Waals surface area contributed by atoms with Crippen LogP contribution >= 0.6 is 0 Å². The van der Waals surface area contributed by atoms with E-state index in [1.54, 1.807) is 0 Å². The molecule has 0 aliphatic rings. The van der Waals surface area contributed by atoms with E-state index in [1.165, 1.54) is 7.11 Å². The number of ether oxygens (including phenoxy) is 2. The standard InChI is InChI=1S/C19H20N2O3/c1-23-19(22)16(20)10-14-11-21-18-15(14)8-5-9-17(18)24-12-13-6-3-2-4-7-13/h2-9,11,16,21H,10,12,20H2,1H3/t16-/m0/s1. The molecule has 0 fully saturated rings. The monoisotopic (exact) mass is 324 g/mol. The highest BCUT2D eigenvalue weighted by Crippen LogP contribution is 2.28. The van der Waals surface area contributed by atoms with Gasteiger partial charge in [0.1, 0.15) is 18.4 Å². The van der Waals surface area contributed by atoms with Gasteiger partial charge < -0.3 is 20.2 Å². The fourth-order valence-corrected chi connectivity index (χ4v) is 2.68. The first-order valence-electron chi connectivity index (χ1n) is 7.78. The summed E-state index contributed by atoms with van der Waals surface area (Å²) in [4.78, 5) is 14.7. The number of hydrogen-bond donors (Lipinski definition) is 2. The lowest BCUT2D eigenvalue weighted by molar-refractivity contribution is -0.142. The molecular formula is C19H20N2O3. The number of nitrogens with two attached hydrogens (primary N) is 1. The van der Waals surface area contributed by atoms with Crippen LogP contribution in [0.4, 0.5) is 0 Å². The maximum Gasteiger partial charge on any atom is 0.322 e. The summed E-state index contributed by atoms with van der Waals surface area (Å²) in [6.45, 7) is 0.496. The SMILES string of the molecule is COC(=O)[C@@H](N)Cc1c[nH]c2c(OCc3ccccc3)cccc12. The molecule has 0 amide bonds. The molecule has 2 aromatic carbocycles. The molecule has 1 atom stereocenters. The Morgan fingerprint density at radius 1 is 1.17 bits per heavy atom. The lowest BCUT2D eigenvalue weighted by Gasteiger charge is -2.09. The second kappa shape index (κ2) is 7.19. The zero-order valence-electron chi connectivity index (χ0n) is 13.5. The Bertz CT molecular complexity index is 827. The third-order valence-electron chi connectivity index (χ3n) is 3.94. The van der Waals surface area contributed by atoms with E-state index in [1.807, 2.05) is 54.7 Å². The minimum atomic E-state index is -0.678. The van der Waals surface area contributed by atoms with Crippen molar-refractivity contribution in [2.45, 2.75) is 19.1 Å². The number of benzene rings is 2. The van der Waals surface area contributed by atoms with E-state index in [-0.39, 0.29) is 0 Å². The van der Waals surface area contributed by atoms with Gasteiger partial charge in [0.2, 0.25) is 0 Å².